The van der Waals surface area contributed by atoms with Crippen LogP contribution in [0.25, 0.3) is 0 Å². The van der Waals surface area contributed by atoms with Crippen molar-refractivity contribution in [2.45, 2.75) is 43.5 Å². The summed E-state index contributed by atoms with van der Waals surface area (Å²) in [6.07, 6.45) is -6.83. The average molecular weight is 536 g/mol. The van der Waals surface area contributed by atoms with Gasteiger partial charge in [-0.3, -0.25) is 0 Å². The van der Waals surface area contributed by atoms with Crippen LogP contribution < -0.4 is 18.9 Å². The number of aromatic carboxylic acids is 1. The Balaban J connectivity index is 1.50. The predicted octanol–water partition coefficient (Wildman–Crippen LogP) is 0.476. The fourth-order valence-corrected chi connectivity index (χ4v) is 4.26. The number of carboxylic acid groups (broad SMARTS) is 1. The number of carboxylic acids is 1. The van der Waals surface area contributed by atoms with Crippen molar-refractivity contribution >= 4 is 11.9 Å². The summed E-state index contributed by atoms with van der Waals surface area (Å²) in [5, 5.41) is 50.8. The van der Waals surface area contributed by atoms with Crippen molar-refractivity contribution in [3.05, 3.63) is 41.0 Å². The molecule has 5 atom stereocenters. The number of hydrogen-bond acceptors (Lipinski definition) is 12. The number of esters is 1. The first-order chi connectivity index (χ1) is 18.2. The lowest BCUT2D eigenvalue weighted by Gasteiger charge is -2.40. The monoisotopic (exact) mass is 536 g/mol. The second kappa shape index (κ2) is 11.3. The minimum absolute atomic E-state index is 0.0301. The van der Waals surface area contributed by atoms with Gasteiger partial charge in [-0.15, -0.1) is 0 Å². The molecule has 2 aliphatic rings. The number of benzene rings is 2. The molecule has 2 aliphatic heterocycles. The van der Waals surface area contributed by atoms with Crippen molar-refractivity contribution in [3.63, 3.8) is 0 Å². The molecule has 0 aromatic heterocycles. The number of carbonyl (C=O) groups excluding carboxylic acids is 1. The lowest BCUT2D eigenvalue weighted by molar-refractivity contribution is -0.277. The molecule has 206 valence electrons. The maximum absolute atomic E-state index is 12.6. The number of phenols is 1. The molecule has 1 fully saturated rings. The number of fused-ring (bicyclic) bond motifs is 1. The van der Waals surface area contributed by atoms with Crippen molar-refractivity contribution in [1.82, 2.24) is 0 Å². The first-order valence-corrected chi connectivity index (χ1v) is 11.7. The zero-order valence-electron chi connectivity index (χ0n) is 20.5. The number of ether oxygens (including phenoxy) is 6. The molecule has 2 aromatic carbocycles. The number of aliphatic hydroxyl groups excluding tert-OH is 3. The number of aromatic hydroxyl groups is 1. The Morgan fingerprint density at radius 3 is 2.32 bits per heavy atom. The maximum Gasteiger partial charge on any atom is 0.338 e. The molecule has 0 saturated carbocycles. The van der Waals surface area contributed by atoms with Crippen LogP contribution in [-0.2, 0) is 15.9 Å². The average Bonchev–Trinajstić information content (AvgIpc) is 2.92. The Bertz CT molecular complexity index is 1170. The number of phenolic OH excluding ortho intramolecular Hbond substituents is 1. The minimum Gasteiger partial charge on any atom is -0.502 e. The second-order valence-electron chi connectivity index (χ2n) is 8.64. The highest BCUT2D eigenvalue weighted by molar-refractivity contribution is 5.91. The van der Waals surface area contributed by atoms with E-state index in [4.69, 9.17) is 28.4 Å². The molecular weight excluding hydrogens is 508 g/mol. The summed E-state index contributed by atoms with van der Waals surface area (Å²) >= 11 is 0. The van der Waals surface area contributed by atoms with E-state index >= 15 is 0 Å². The number of methoxy groups -OCH3 is 2. The van der Waals surface area contributed by atoms with Crippen molar-refractivity contribution in [2.75, 3.05) is 27.4 Å². The van der Waals surface area contributed by atoms with Gasteiger partial charge >= 0.3 is 11.9 Å². The molecule has 2 heterocycles. The molecule has 1 saturated heterocycles. The fourth-order valence-electron chi connectivity index (χ4n) is 4.26. The lowest BCUT2D eigenvalue weighted by Crippen LogP contribution is -2.60. The second-order valence-corrected chi connectivity index (χ2v) is 8.64. The van der Waals surface area contributed by atoms with Crippen LogP contribution in [0.3, 0.4) is 0 Å². The Morgan fingerprint density at radius 2 is 1.68 bits per heavy atom. The van der Waals surface area contributed by atoms with E-state index in [0.717, 1.165) is 0 Å². The Morgan fingerprint density at radius 1 is 1.00 bits per heavy atom. The Hall–Kier alpha value is -3.78. The van der Waals surface area contributed by atoms with Gasteiger partial charge in [-0.05, 0) is 37.1 Å². The minimum atomic E-state index is -1.72. The molecular formula is C25H28O13. The topological polar surface area (TPSA) is 191 Å². The quantitative estimate of drug-likeness (QED) is 0.293. The third kappa shape index (κ3) is 5.27. The van der Waals surface area contributed by atoms with E-state index in [-0.39, 0.29) is 39.9 Å². The van der Waals surface area contributed by atoms with E-state index in [2.05, 4.69) is 0 Å². The predicted molar refractivity (Wildman–Crippen MR) is 126 cm³/mol. The molecule has 0 amide bonds. The lowest BCUT2D eigenvalue weighted by atomic mass is 9.98. The fraction of sp³-hybridized carbons (Fsp3) is 0.440. The summed E-state index contributed by atoms with van der Waals surface area (Å²) in [5.74, 6) is -2.11. The molecule has 5 N–H and O–H groups in total. The Kier molecular flexibility index (Phi) is 8.11. The van der Waals surface area contributed by atoms with Crippen LogP contribution in [0.15, 0.2) is 24.3 Å². The molecule has 13 nitrogen and oxygen atoms in total. The summed E-state index contributed by atoms with van der Waals surface area (Å²) in [6.45, 7) is -0.213. The molecule has 2 aromatic rings. The van der Waals surface area contributed by atoms with Crippen LogP contribution >= 0.6 is 0 Å². The molecule has 0 radical (unpaired) electrons. The van der Waals surface area contributed by atoms with Crippen LogP contribution in [-0.4, -0.2) is 95.6 Å². The van der Waals surface area contributed by atoms with Gasteiger partial charge in [0.1, 0.15) is 31.0 Å². The molecule has 0 spiro atoms. The van der Waals surface area contributed by atoms with E-state index in [1.807, 2.05) is 0 Å². The molecule has 5 unspecified atom stereocenters. The van der Waals surface area contributed by atoms with Crippen molar-refractivity contribution < 1.29 is 63.5 Å². The third-order valence-electron chi connectivity index (χ3n) is 6.28. The highest BCUT2D eigenvalue weighted by Crippen LogP contribution is 2.39. The Labute approximate surface area is 216 Å². The van der Waals surface area contributed by atoms with E-state index in [0.29, 0.717) is 25.0 Å². The van der Waals surface area contributed by atoms with Gasteiger partial charge in [-0.25, -0.2) is 9.59 Å². The first kappa shape index (κ1) is 27.3. The van der Waals surface area contributed by atoms with Crippen LogP contribution in [0.4, 0.5) is 0 Å². The van der Waals surface area contributed by atoms with Gasteiger partial charge in [0.2, 0.25) is 12.0 Å². The van der Waals surface area contributed by atoms with Crippen LogP contribution in [0.1, 0.15) is 32.7 Å². The molecule has 4 rings (SSSR count). The third-order valence-corrected chi connectivity index (χ3v) is 6.28. The summed E-state index contributed by atoms with van der Waals surface area (Å²) in [6, 6.07) is 5.15. The van der Waals surface area contributed by atoms with Gasteiger partial charge in [-0.2, -0.15) is 0 Å². The van der Waals surface area contributed by atoms with Crippen LogP contribution in [0.2, 0.25) is 0 Å². The summed E-state index contributed by atoms with van der Waals surface area (Å²) in [5.41, 5.74) is 0.453. The highest BCUT2D eigenvalue weighted by atomic mass is 16.7. The van der Waals surface area contributed by atoms with Crippen molar-refractivity contribution in [1.29, 1.82) is 0 Å². The summed E-state index contributed by atoms with van der Waals surface area (Å²) in [7, 11) is 2.58. The van der Waals surface area contributed by atoms with E-state index in [1.54, 1.807) is 0 Å². The normalized spacial score (nSPS) is 24.5. The van der Waals surface area contributed by atoms with Crippen LogP contribution in [0.5, 0.6) is 28.7 Å². The van der Waals surface area contributed by atoms with Crippen molar-refractivity contribution in [2.24, 2.45) is 0 Å². The highest BCUT2D eigenvalue weighted by Gasteiger charge is 2.46. The van der Waals surface area contributed by atoms with Gasteiger partial charge in [0.05, 0.1) is 32.0 Å². The molecule has 0 aliphatic carbocycles. The number of rotatable bonds is 8. The van der Waals surface area contributed by atoms with Gasteiger partial charge in [0.25, 0.3) is 0 Å². The van der Waals surface area contributed by atoms with Crippen LogP contribution in [0, 0.1) is 0 Å². The number of hydrogen-bond donors (Lipinski definition) is 5. The van der Waals surface area contributed by atoms with Gasteiger partial charge in [-0.1, -0.05) is 0 Å². The van der Waals surface area contributed by atoms with E-state index in [1.165, 1.54) is 38.5 Å². The number of aliphatic hydroxyl groups is 3. The molecule has 13 heteroatoms. The molecule has 38 heavy (non-hydrogen) atoms. The van der Waals surface area contributed by atoms with Gasteiger partial charge in [0.15, 0.2) is 23.0 Å². The van der Waals surface area contributed by atoms with Gasteiger partial charge < -0.3 is 54.0 Å². The van der Waals surface area contributed by atoms with Crippen molar-refractivity contribution in [3.8, 4) is 28.7 Å². The standard InChI is InChI=1S/C25H28O13/c1-33-15-8-11(9-16(34-2)18(15)26)24(32)36-10-17-19(27)20(28)21(29)25(38-17)37-14-6-5-13(23(30)31)12-4-3-7-35-22(12)14/h5-6,8-9,17,19-21,25-29H,3-4,7,10H2,1-2H3,(H,30,31). The zero-order valence-corrected chi connectivity index (χ0v) is 20.5. The smallest absolute Gasteiger partial charge is 0.338 e. The largest absolute Gasteiger partial charge is 0.502 e. The molecule has 0 bridgehead atoms. The van der Waals surface area contributed by atoms with E-state index < -0.39 is 49.3 Å². The number of carbonyl (C=O) groups is 2. The maximum atomic E-state index is 12.6. The summed E-state index contributed by atoms with van der Waals surface area (Å²) in [4.78, 5) is 24.2. The summed E-state index contributed by atoms with van der Waals surface area (Å²) < 4.78 is 32.3. The zero-order chi connectivity index (χ0) is 27.6. The van der Waals surface area contributed by atoms with Gasteiger partial charge in [0, 0.05) is 5.56 Å². The SMILES string of the molecule is COc1cc(C(=O)OCC2OC(Oc3ccc(C(=O)O)c4c3OCCC4)C(O)C(O)C2O)cc(OC)c1O. The first-order valence-electron chi connectivity index (χ1n) is 11.7. The van der Waals surface area contributed by atoms with E-state index in [9.17, 15) is 35.1 Å².